The van der Waals surface area contributed by atoms with Crippen molar-refractivity contribution in [3.05, 3.63) is 46.6 Å². The van der Waals surface area contributed by atoms with Gasteiger partial charge in [0.1, 0.15) is 11.8 Å². The van der Waals surface area contributed by atoms with E-state index in [1.807, 2.05) is 6.92 Å². The Bertz CT molecular complexity index is 1460. The summed E-state index contributed by atoms with van der Waals surface area (Å²) in [4.78, 5) is 24.8. The zero-order chi connectivity index (χ0) is 22.9. The molecule has 33 heavy (non-hydrogen) atoms. The summed E-state index contributed by atoms with van der Waals surface area (Å²) in [7, 11) is 0. The van der Waals surface area contributed by atoms with E-state index in [9.17, 15) is 13.6 Å². The van der Waals surface area contributed by atoms with E-state index in [1.165, 1.54) is 0 Å². The molecule has 3 unspecified atom stereocenters. The van der Waals surface area contributed by atoms with Gasteiger partial charge in [-0.3, -0.25) is 4.79 Å². The third kappa shape index (κ3) is 3.16. The number of carbonyl (C=O) groups is 1. The van der Waals surface area contributed by atoms with Gasteiger partial charge < -0.3 is 19.8 Å². The SMILES string of the molecule is CC1CNc2c(oc3ccc4nc(Oc5nc(Cl)nc6c5C(F)C(F)C6)ccc4c23)C(=O)N1. The number of pyridine rings is 1. The Balaban J connectivity index is 1.44. The van der Waals surface area contributed by atoms with Gasteiger partial charge in [0.15, 0.2) is 6.17 Å². The molecule has 8 nitrogen and oxygen atoms in total. The number of ether oxygens (including phenoxy) is 1. The van der Waals surface area contributed by atoms with Crippen molar-refractivity contribution in [3.8, 4) is 11.8 Å². The van der Waals surface area contributed by atoms with Gasteiger partial charge >= 0.3 is 0 Å². The van der Waals surface area contributed by atoms with Gasteiger partial charge in [-0.1, -0.05) is 0 Å². The second-order valence-electron chi connectivity index (χ2n) is 8.10. The maximum Gasteiger partial charge on any atom is 0.289 e. The quantitative estimate of drug-likeness (QED) is 0.410. The highest BCUT2D eigenvalue weighted by Crippen LogP contribution is 2.42. The normalized spacial score (nSPS) is 21.9. The molecule has 1 aromatic carbocycles. The van der Waals surface area contributed by atoms with E-state index in [0.29, 0.717) is 23.3 Å². The Morgan fingerprint density at radius 3 is 2.88 bits per heavy atom. The topological polar surface area (TPSA) is 102 Å². The van der Waals surface area contributed by atoms with Crippen molar-refractivity contribution in [2.24, 2.45) is 0 Å². The van der Waals surface area contributed by atoms with Gasteiger partial charge in [0, 0.05) is 30.5 Å². The standard InChI is InChI=1S/C22H16ClF2N5O3/c1-8-7-26-18-15-9-2-5-14(28-11(9)3-4-13(15)32-19(18)20(31)27-8)33-21-16-12(29-22(23)30-21)6-10(24)17(16)25/h2-5,8,10,17,26H,6-7H2,1H3,(H,27,31). The fourth-order valence-corrected chi connectivity index (χ4v) is 4.49. The summed E-state index contributed by atoms with van der Waals surface area (Å²) in [6, 6.07) is 6.72. The molecule has 3 atom stereocenters. The molecule has 2 N–H and O–H groups in total. The lowest BCUT2D eigenvalue weighted by Crippen LogP contribution is -2.34. The van der Waals surface area contributed by atoms with Crippen LogP contribution in [0.5, 0.6) is 11.8 Å². The van der Waals surface area contributed by atoms with Gasteiger partial charge in [0.2, 0.25) is 22.8 Å². The van der Waals surface area contributed by atoms with Crippen molar-refractivity contribution >= 4 is 45.1 Å². The summed E-state index contributed by atoms with van der Waals surface area (Å²) in [6.45, 7) is 2.43. The molecule has 1 amide bonds. The number of anilines is 1. The molecule has 11 heteroatoms. The molecule has 4 heterocycles. The van der Waals surface area contributed by atoms with Gasteiger partial charge in [-0.05, 0) is 36.7 Å². The summed E-state index contributed by atoms with van der Waals surface area (Å²) in [6.07, 6.45) is -3.81. The molecule has 0 fully saturated rings. The van der Waals surface area contributed by atoms with E-state index in [2.05, 4.69) is 25.6 Å². The number of hydrogen-bond donors (Lipinski definition) is 2. The number of rotatable bonds is 2. The molecular formula is C22H16ClF2N5O3. The second kappa shape index (κ2) is 7.24. The van der Waals surface area contributed by atoms with Crippen LogP contribution >= 0.6 is 11.6 Å². The Hall–Kier alpha value is -3.53. The lowest BCUT2D eigenvalue weighted by atomic mass is 10.1. The number of furan rings is 1. The fraction of sp³-hybridized carbons (Fsp3) is 0.273. The smallest absolute Gasteiger partial charge is 0.289 e. The van der Waals surface area contributed by atoms with Crippen LogP contribution in [0, 0.1) is 0 Å². The van der Waals surface area contributed by atoms with E-state index < -0.39 is 12.3 Å². The van der Waals surface area contributed by atoms with Crippen molar-refractivity contribution in [3.63, 3.8) is 0 Å². The van der Waals surface area contributed by atoms with Gasteiger partial charge in [0.05, 0.1) is 27.8 Å². The van der Waals surface area contributed by atoms with Gasteiger partial charge in [0.25, 0.3) is 5.91 Å². The Kier molecular flexibility index (Phi) is 4.41. The van der Waals surface area contributed by atoms with Crippen LogP contribution in [0.3, 0.4) is 0 Å². The van der Waals surface area contributed by atoms with E-state index in [4.69, 9.17) is 20.8 Å². The Labute approximate surface area is 190 Å². The molecule has 168 valence electrons. The third-order valence-electron chi connectivity index (χ3n) is 5.81. The summed E-state index contributed by atoms with van der Waals surface area (Å²) in [5, 5.41) is 7.43. The van der Waals surface area contributed by atoms with Crippen LogP contribution in [0.15, 0.2) is 28.7 Å². The zero-order valence-corrected chi connectivity index (χ0v) is 17.9. The number of carbonyl (C=O) groups excluding carboxylic acids is 1. The second-order valence-corrected chi connectivity index (χ2v) is 8.44. The molecule has 6 rings (SSSR count). The number of halogens is 3. The van der Waals surface area contributed by atoms with E-state index in [1.54, 1.807) is 24.3 Å². The molecule has 1 aliphatic carbocycles. The van der Waals surface area contributed by atoms with E-state index in [0.717, 1.165) is 10.8 Å². The van der Waals surface area contributed by atoms with Crippen molar-refractivity contribution in [2.75, 3.05) is 11.9 Å². The van der Waals surface area contributed by atoms with Crippen LogP contribution in [0.1, 0.15) is 34.9 Å². The largest absolute Gasteiger partial charge is 0.449 e. The van der Waals surface area contributed by atoms with Crippen molar-refractivity contribution < 1.29 is 22.7 Å². The van der Waals surface area contributed by atoms with Crippen LogP contribution in [0.4, 0.5) is 14.5 Å². The minimum atomic E-state index is -1.90. The third-order valence-corrected chi connectivity index (χ3v) is 5.98. The molecule has 3 aromatic heterocycles. The van der Waals surface area contributed by atoms with Crippen LogP contribution in [-0.2, 0) is 6.42 Å². The first-order valence-electron chi connectivity index (χ1n) is 10.3. The lowest BCUT2D eigenvalue weighted by molar-refractivity contribution is 0.0920. The highest BCUT2D eigenvalue weighted by atomic mass is 35.5. The number of fused-ring (bicyclic) bond motifs is 6. The number of nitrogens with zero attached hydrogens (tertiary/aromatic N) is 3. The van der Waals surface area contributed by atoms with Crippen molar-refractivity contribution in [1.82, 2.24) is 20.3 Å². The number of amides is 1. The summed E-state index contributed by atoms with van der Waals surface area (Å²) in [5.74, 6) is -0.110. The van der Waals surface area contributed by atoms with Crippen LogP contribution in [-0.4, -0.2) is 39.6 Å². The van der Waals surface area contributed by atoms with E-state index in [-0.39, 0.29) is 52.4 Å². The minimum Gasteiger partial charge on any atom is -0.449 e. The van der Waals surface area contributed by atoms with Gasteiger partial charge in [-0.2, -0.15) is 4.98 Å². The molecule has 1 aliphatic heterocycles. The highest BCUT2D eigenvalue weighted by molar-refractivity contribution is 6.28. The molecule has 0 bridgehead atoms. The van der Waals surface area contributed by atoms with Crippen molar-refractivity contribution in [1.29, 1.82) is 0 Å². The predicted molar refractivity (Wildman–Crippen MR) is 116 cm³/mol. The average molecular weight is 472 g/mol. The average Bonchev–Trinajstić information content (AvgIpc) is 3.24. The molecule has 0 saturated carbocycles. The van der Waals surface area contributed by atoms with Gasteiger partial charge in [-0.15, -0.1) is 0 Å². The minimum absolute atomic E-state index is 0.0475. The molecule has 0 radical (unpaired) electrons. The summed E-state index contributed by atoms with van der Waals surface area (Å²) >= 11 is 5.92. The first-order valence-corrected chi connectivity index (χ1v) is 10.7. The maximum atomic E-state index is 14.4. The number of aromatic nitrogens is 3. The summed E-state index contributed by atoms with van der Waals surface area (Å²) in [5.41, 5.74) is 1.83. The maximum absolute atomic E-state index is 14.4. The van der Waals surface area contributed by atoms with Crippen LogP contribution in [0.25, 0.3) is 21.9 Å². The first-order chi connectivity index (χ1) is 15.9. The Morgan fingerprint density at radius 2 is 2.03 bits per heavy atom. The molecule has 0 saturated heterocycles. The van der Waals surface area contributed by atoms with Crippen LogP contribution in [0.2, 0.25) is 5.28 Å². The van der Waals surface area contributed by atoms with Crippen LogP contribution < -0.4 is 15.4 Å². The number of hydrogen-bond acceptors (Lipinski definition) is 7. The molecule has 2 aliphatic rings. The zero-order valence-electron chi connectivity index (χ0n) is 17.2. The van der Waals surface area contributed by atoms with E-state index >= 15 is 0 Å². The molecule has 4 aromatic rings. The summed E-state index contributed by atoms with van der Waals surface area (Å²) < 4.78 is 39.8. The first kappa shape index (κ1) is 20.1. The number of alkyl halides is 2. The Morgan fingerprint density at radius 1 is 1.18 bits per heavy atom. The highest BCUT2D eigenvalue weighted by Gasteiger charge is 2.38. The van der Waals surface area contributed by atoms with Gasteiger partial charge in [-0.25, -0.2) is 18.7 Å². The van der Waals surface area contributed by atoms with Crippen molar-refractivity contribution in [2.45, 2.75) is 31.7 Å². The molecule has 0 spiro atoms. The predicted octanol–water partition coefficient (Wildman–Crippen LogP) is 4.67. The molecular weight excluding hydrogens is 456 g/mol. The number of benzene rings is 1. The monoisotopic (exact) mass is 471 g/mol. The fourth-order valence-electron chi connectivity index (χ4n) is 4.31. The lowest BCUT2D eigenvalue weighted by Gasteiger charge is -2.11. The number of nitrogens with one attached hydrogen (secondary N) is 2.